The van der Waals surface area contributed by atoms with Crippen LogP contribution >= 0.6 is 0 Å². The van der Waals surface area contributed by atoms with E-state index in [0.717, 1.165) is 0 Å². The molecule has 0 fully saturated rings. The van der Waals surface area contributed by atoms with Gasteiger partial charge in [-0.3, -0.25) is 4.79 Å². The highest BCUT2D eigenvalue weighted by Gasteiger charge is 2.34. The van der Waals surface area contributed by atoms with Crippen LogP contribution in [0.15, 0.2) is 33.5 Å². The second kappa shape index (κ2) is 5.79. The van der Waals surface area contributed by atoms with Gasteiger partial charge in [0.2, 0.25) is 0 Å². The fourth-order valence-electron chi connectivity index (χ4n) is 2.80. The Bertz CT molecular complexity index is 820. The molecule has 0 unspecified atom stereocenters. The number of esters is 1. The molecule has 1 aliphatic heterocycles. The van der Waals surface area contributed by atoms with Crippen molar-refractivity contribution < 1.29 is 23.4 Å². The van der Waals surface area contributed by atoms with Gasteiger partial charge in [0, 0.05) is 23.6 Å². The summed E-state index contributed by atoms with van der Waals surface area (Å²) >= 11 is 0. The topological polar surface area (TPSA) is 75.0 Å². The van der Waals surface area contributed by atoms with Crippen LogP contribution in [0, 0.1) is 6.92 Å². The molecule has 1 aromatic carbocycles. The van der Waals surface area contributed by atoms with Crippen molar-refractivity contribution in [3.05, 3.63) is 51.6 Å². The van der Waals surface area contributed by atoms with Crippen molar-refractivity contribution in [2.45, 2.75) is 19.3 Å². The maximum absolute atomic E-state index is 12.3. The summed E-state index contributed by atoms with van der Waals surface area (Å²) in [6.07, 6.45) is 0.0451. The van der Waals surface area contributed by atoms with E-state index in [2.05, 4.69) is 0 Å². The Labute approximate surface area is 132 Å². The lowest BCUT2D eigenvalue weighted by Crippen LogP contribution is -2.27. The molecule has 0 amide bonds. The van der Waals surface area contributed by atoms with Crippen LogP contribution in [0.25, 0.3) is 0 Å². The number of methoxy groups -OCH3 is 2. The number of benzene rings is 1. The Morgan fingerprint density at radius 1 is 1.13 bits per heavy atom. The molecule has 2 aromatic rings. The molecule has 0 aliphatic carbocycles. The van der Waals surface area contributed by atoms with Crippen LogP contribution < -0.4 is 19.8 Å². The summed E-state index contributed by atoms with van der Waals surface area (Å²) in [7, 11) is 3.08. The zero-order valence-electron chi connectivity index (χ0n) is 13.0. The van der Waals surface area contributed by atoms with E-state index < -0.39 is 17.5 Å². The fourth-order valence-corrected chi connectivity index (χ4v) is 2.80. The predicted octanol–water partition coefficient (Wildman–Crippen LogP) is 2.41. The highest BCUT2D eigenvalue weighted by molar-refractivity contribution is 5.77. The van der Waals surface area contributed by atoms with Gasteiger partial charge >= 0.3 is 11.6 Å². The first-order valence-corrected chi connectivity index (χ1v) is 7.10. The van der Waals surface area contributed by atoms with E-state index in [1.807, 2.05) is 0 Å². The lowest BCUT2D eigenvalue weighted by Gasteiger charge is -2.25. The van der Waals surface area contributed by atoms with Gasteiger partial charge in [-0.1, -0.05) is 6.07 Å². The van der Waals surface area contributed by atoms with Gasteiger partial charge in [0.1, 0.15) is 23.0 Å². The molecule has 120 valence electrons. The second-order valence-electron chi connectivity index (χ2n) is 5.26. The minimum absolute atomic E-state index is 0.0451. The molecule has 23 heavy (non-hydrogen) atoms. The highest BCUT2D eigenvalue weighted by Crippen LogP contribution is 2.41. The molecule has 0 spiro atoms. The average Bonchev–Trinajstić information content (AvgIpc) is 2.52. The number of carbonyl (C=O) groups is 1. The SMILES string of the molecule is COc1ccc([C@H]2CC(=O)Oc3cc(C)oc(=O)c32)c(OC)c1. The summed E-state index contributed by atoms with van der Waals surface area (Å²) in [6, 6.07) is 6.80. The Hall–Kier alpha value is -2.76. The molecule has 1 aliphatic rings. The van der Waals surface area contributed by atoms with Crippen LogP contribution in [0.4, 0.5) is 0 Å². The molecule has 0 bridgehead atoms. The number of rotatable bonds is 3. The molecule has 6 heteroatoms. The Kier molecular flexibility index (Phi) is 3.82. The Morgan fingerprint density at radius 2 is 1.91 bits per heavy atom. The molecule has 1 aromatic heterocycles. The van der Waals surface area contributed by atoms with Crippen molar-refractivity contribution in [1.82, 2.24) is 0 Å². The molecule has 1 atom stereocenters. The van der Waals surface area contributed by atoms with Gasteiger partial charge in [0.25, 0.3) is 0 Å². The van der Waals surface area contributed by atoms with Gasteiger partial charge in [-0.15, -0.1) is 0 Å². The number of carbonyl (C=O) groups excluding carboxylic acids is 1. The summed E-state index contributed by atoms with van der Waals surface area (Å²) in [5, 5.41) is 0. The minimum atomic E-state index is -0.504. The zero-order valence-corrected chi connectivity index (χ0v) is 13.0. The highest BCUT2D eigenvalue weighted by atomic mass is 16.5. The van der Waals surface area contributed by atoms with E-state index in [9.17, 15) is 9.59 Å². The van der Waals surface area contributed by atoms with E-state index in [0.29, 0.717) is 28.4 Å². The monoisotopic (exact) mass is 316 g/mol. The number of hydrogen-bond acceptors (Lipinski definition) is 6. The summed E-state index contributed by atoms with van der Waals surface area (Å²) in [6.45, 7) is 1.63. The van der Waals surface area contributed by atoms with Gasteiger partial charge in [-0.25, -0.2) is 4.79 Å². The third-order valence-electron chi connectivity index (χ3n) is 3.83. The lowest BCUT2D eigenvalue weighted by molar-refractivity contribution is -0.135. The van der Waals surface area contributed by atoms with Gasteiger partial charge in [-0.2, -0.15) is 0 Å². The first kappa shape index (κ1) is 15.1. The largest absolute Gasteiger partial charge is 0.497 e. The van der Waals surface area contributed by atoms with Crippen molar-refractivity contribution in [2.24, 2.45) is 0 Å². The second-order valence-corrected chi connectivity index (χ2v) is 5.26. The zero-order chi connectivity index (χ0) is 16.6. The predicted molar refractivity (Wildman–Crippen MR) is 81.4 cm³/mol. The van der Waals surface area contributed by atoms with E-state index in [1.54, 1.807) is 38.3 Å². The number of ether oxygens (including phenoxy) is 3. The normalized spacial score (nSPS) is 16.5. The molecule has 2 heterocycles. The summed E-state index contributed by atoms with van der Waals surface area (Å²) in [5.74, 6) is 0.922. The molecular weight excluding hydrogens is 300 g/mol. The molecule has 0 saturated carbocycles. The maximum Gasteiger partial charge on any atom is 0.343 e. The van der Waals surface area contributed by atoms with Crippen LogP contribution in [0.2, 0.25) is 0 Å². The minimum Gasteiger partial charge on any atom is -0.497 e. The average molecular weight is 316 g/mol. The van der Waals surface area contributed by atoms with Crippen LogP contribution in [-0.2, 0) is 4.79 Å². The fraction of sp³-hybridized carbons (Fsp3) is 0.294. The summed E-state index contributed by atoms with van der Waals surface area (Å²) in [5.41, 5.74) is 0.538. The van der Waals surface area contributed by atoms with Crippen molar-refractivity contribution in [1.29, 1.82) is 0 Å². The summed E-state index contributed by atoms with van der Waals surface area (Å²) < 4.78 is 20.9. The van der Waals surface area contributed by atoms with Crippen LogP contribution in [0.3, 0.4) is 0 Å². The smallest absolute Gasteiger partial charge is 0.343 e. The van der Waals surface area contributed by atoms with Crippen molar-refractivity contribution >= 4 is 5.97 Å². The molecule has 0 saturated heterocycles. The van der Waals surface area contributed by atoms with E-state index in [-0.39, 0.29) is 12.2 Å². The van der Waals surface area contributed by atoms with E-state index in [1.165, 1.54) is 7.11 Å². The van der Waals surface area contributed by atoms with Crippen LogP contribution in [0.5, 0.6) is 17.2 Å². The first-order valence-electron chi connectivity index (χ1n) is 7.10. The maximum atomic E-state index is 12.3. The van der Waals surface area contributed by atoms with Crippen LogP contribution in [-0.4, -0.2) is 20.2 Å². The molecule has 3 rings (SSSR count). The Morgan fingerprint density at radius 3 is 2.61 bits per heavy atom. The van der Waals surface area contributed by atoms with Gasteiger partial charge in [0.05, 0.1) is 26.2 Å². The van der Waals surface area contributed by atoms with Crippen molar-refractivity contribution in [2.75, 3.05) is 14.2 Å². The van der Waals surface area contributed by atoms with Gasteiger partial charge in [0.15, 0.2) is 0 Å². The third kappa shape index (κ3) is 2.67. The van der Waals surface area contributed by atoms with Gasteiger partial charge < -0.3 is 18.6 Å². The van der Waals surface area contributed by atoms with Gasteiger partial charge in [-0.05, 0) is 13.0 Å². The number of fused-ring (bicyclic) bond motifs is 1. The molecule has 0 radical (unpaired) electrons. The van der Waals surface area contributed by atoms with Crippen molar-refractivity contribution in [3.63, 3.8) is 0 Å². The first-order chi connectivity index (χ1) is 11.0. The molecule has 6 nitrogen and oxygen atoms in total. The van der Waals surface area contributed by atoms with E-state index >= 15 is 0 Å². The van der Waals surface area contributed by atoms with E-state index in [4.69, 9.17) is 18.6 Å². The number of aryl methyl sites for hydroxylation is 1. The lowest BCUT2D eigenvalue weighted by atomic mass is 9.86. The standard InChI is InChI=1S/C17H16O6/c1-9-6-14-16(17(19)22-9)12(8-15(18)23-14)11-5-4-10(20-2)7-13(11)21-3/h4-7,12H,8H2,1-3H3/t12-/m1/s1. The quantitative estimate of drug-likeness (QED) is 0.810. The van der Waals surface area contributed by atoms with Crippen LogP contribution in [0.1, 0.15) is 29.2 Å². The third-order valence-corrected chi connectivity index (χ3v) is 3.83. The molecular formula is C17H16O6. The Balaban J connectivity index is 2.19. The van der Waals surface area contributed by atoms with Crippen molar-refractivity contribution in [3.8, 4) is 17.2 Å². The molecule has 0 N–H and O–H groups in total. The number of hydrogen-bond donors (Lipinski definition) is 0. The summed E-state index contributed by atoms with van der Waals surface area (Å²) in [4.78, 5) is 24.2.